The number of alkyl halides is 2. The number of nitrogens with one attached hydrogen (secondary N) is 1. The van der Waals surface area contributed by atoms with Crippen molar-refractivity contribution in [3.05, 3.63) is 63.8 Å². The van der Waals surface area contributed by atoms with E-state index in [4.69, 9.17) is 23.2 Å². The van der Waals surface area contributed by atoms with E-state index in [9.17, 15) is 9.90 Å². The van der Waals surface area contributed by atoms with Gasteiger partial charge < -0.3 is 10.0 Å². The number of aliphatic hydroxyl groups is 1. The summed E-state index contributed by atoms with van der Waals surface area (Å²) >= 11 is 12.0. The Morgan fingerprint density at radius 3 is 2.68 bits per heavy atom. The van der Waals surface area contributed by atoms with Crippen molar-refractivity contribution >= 4 is 40.0 Å². The maximum atomic E-state index is 15.2. The minimum absolute atomic E-state index is 0.0180. The molecule has 31 heavy (non-hydrogen) atoms. The SMILES string of the molecule is O=C(Cc1cccc(Cl)c1)N1CCC(C(F)(F)C(O)c2cc(Cl)cc3cn[nH]c23)CC1. The van der Waals surface area contributed by atoms with Gasteiger partial charge in [0.15, 0.2) is 0 Å². The molecular weight excluding hydrogens is 447 g/mol. The molecule has 0 radical (unpaired) electrons. The highest BCUT2D eigenvalue weighted by molar-refractivity contribution is 6.31. The van der Waals surface area contributed by atoms with Gasteiger partial charge in [-0.05, 0) is 42.7 Å². The van der Waals surface area contributed by atoms with Crippen molar-refractivity contribution in [1.82, 2.24) is 15.1 Å². The standard InChI is InChI=1S/C22H21Cl2F2N3O2/c23-16-3-1-2-13(8-16)9-19(30)29-6-4-15(5-7-29)22(25,26)21(31)18-11-17(24)10-14-12-27-28-20(14)18/h1-3,8,10-12,15,21,31H,4-7,9H2,(H,27,28). The molecule has 0 spiro atoms. The number of aromatic nitrogens is 2. The van der Waals surface area contributed by atoms with E-state index in [2.05, 4.69) is 10.2 Å². The molecule has 9 heteroatoms. The summed E-state index contributed by atoms with van der Waals surface area (Å²) in [5.41, 5.74) is 1.14. The Labute approximate surface area is 187 Å². The monoisotopic (exact) mass is 467 g/mol. The number of nitrogens with zero attached hydrogens (tertiary/aromatic N) is 2. The fourth-order valence-corrected chi connectivity index (χ4v) is 4.59. The van der Waals surface area contributed by atoms with Crippen LogP contribution in [0.5, 0.6) is 0 Å². The molecule has 2 N–H and O–H groups in total. The molecule has 2 heterocycles. The van der Waals surface area contributed by atoms with Crippen molar-refractivity contribution in [3.8, 4) is 0 Å². The van der Waals surface area contributed by atoms with E-state index in [0.29, 0.717) is 15.9 Å². The average molecular weight is 468 g/mol. The number of fused-ring (bicyclic) bond motifs is 1. The third-order valence-corrected chi connectivity index (χ3v) is 6.29. The number of hydrogen-bond acceptors (Lipinski definition) is 3. The van der Waals surface area contributed by atoms with Crippen LogP contribution in [0, 0.1) is 5.92 Å². The van der Waals surface area contributed by atoms with Gasteiger partial charge in [0, 0.05) is 40.0 Å². The van der Waals surface area contributed by atoms with E-state index in [-0.39, 0.29) is 48.8 Å². The molecule has 5 nitrogen and oxygen atoms in total. The Morgan fingerprint density at radius 2 is 1.97 bits per heavy atom. The van der Waals surface area contributed by atoms with Gasteiger partial charge in [-0.15, -0.1) is 0 Å². The van der Waals surface area contributed by atoms with Crippen LogP contribution in [0.3, 0.4) is 0 Å². The molecule has 1 amide bonds. The molecule has 1 unspecified atom stereocenters. The molecule has 0 saturated carbocycles. The lowest BCUT2D eigenvalue weighted by Crippen LogP contribution is -2.45. The van der Waals surface area contributed by atoms with Crippen molar-refractivity contribution in [2.45, 2.75) is 31.3 Å². The molecule has 3 aromatic rings. The largest absolute Gasteiger partial charge is 0.382 e. The summed E-state index contributed by atoms with van der Waals surface area (Å²) in [5, 5.41) is 18.5. The van der Waals surface area contributed by atoms with Crippen molar-refractivity contribution < 1.29 is 18.7 Å². The maximum absolute atomic E-state index is 15.2. The number of aliphatic hydroxyl groups excluding tert-OH is 1. The third-order valence-electron chi connectivity index (χ3n) is 5.84. The number of carbonyl (C=O) groups is 1. The summed E-state index contributed by atoms with van der Waals surface area (Å²) in [6, 6.07) is 9.96. The fraction of sp³-hybridized carbons (Fsp3) is 0.364. The van der Waals surface area contributed by atoms with Gasteiger partial charge in [0.1, 0.15) is 6.10 Å². The predicted octanol–water partition coefficient (Wildman–Crippen LogP) is 5.02. The second-order valence-corrected chi connectivity index (χ2v) is 8.74. The molecule has 0 aliphatic carbocycles. The number of piperidine rings is 1. The number of halogens is 4. The van der Waals surface area contributed by atoms with Crippen molar-refractivity contribution in [3.63, 3.8) is 0 Å². The Bertz CT molecular complexity index is 1100. The summed E-state index contributed by atoms with van der Waals surface area (Å²) in [6.07, 6.45) is -0.201. The molecule has 164 valence electrons. The van der Waals surface area contributed by atoms with Crippen molar-refractivity contribution in [1.29, 1.82) is 0 Å². The van der Waals surface area contributed by atoms with Crippen LogP contribution in [0.2, 0.25) is 10.0 Å². The van der Waals surface area contributed by atoms with Crippen LogP contribution in [0.15, 0.2) is 42.6 Å². The summed E-state index contributed by atoms with van der Waals surface area (Å²) in [6.45, 7) is 0.419. The first kappa shape index (κ1) is 22.0. The summed E-state index contributed by atoms with van der Waals surface area (Å²) in [7, 11) is 0. The van der Waals surface area contributed by atoms with Crippen LogP contribution in [-0.4, -0.2) is 45.1 Å². The molecule has 1 saturated heterocycles. The van der Waals surface area contributed by atoms with Gasteiger partial charge in [0.05, 0.1) is 18.1 Å². The lowest BCUT2D eigenvalue weighted by Gasteiger charge is -2.38. The van der Waals surface area contributed by atoms with Crippen molar-refractivity contribution in [2.75, 3.05) is 13.1 Å². The number of likely N-dealkylation sites (tertiary alicyclic amines) is 1. The van der Waals surface area contributed by atoms with Crippen LogP contribution in [0.4, 0.5) is 8.78 Å². The zero-order chi connectivity index (χ0) is 22.2. The van der Waals surface area contributed by atoms with Crippen LogP contribution in [0.25, 0.3) is 10.9 Å². The normalized spacial score (nSPS) is 16.6. The molecule has 1 aliphatic rings. The highest BCUT2D eigenvalue weighted by Crippen LogP contribution is 2.44. The third kappa shape index (κ3) is 4.54. The topological polar surface area (TPSA) is 69.2 Å². The van der Waals surface area contributed by atoms with Crippen LogP contribution >= 0.6 is 23.2 Å². The molecule has 2 aromatic carbocycles. The van der Waals surface area contributed by atoms with Gasteiger partial charge >= 0.3 is 0 Å². The Morgan fingerprint density at radius 1 is 1.23 bits per heavy atom. The lowest BCUT2D eigenvalue weighted by molar-refractivity contribution is -0.164. The zero-order valence-corrected chi connectivity index (χ0v) is 18.0. The molecule has 0 bridgehead atoms. The number of aromatic amines is 1. The van der Waals surface area contributed by atoms with E-state index in [1.54, 1.807) is 29.2 Å². The number of benzene rings is 2. The number of amides is 1. The van der Waals surface area contributed by atoms with Gasteiger partial charge in [-0.1, -0.05) is 35.3 Å². The minimum Gasteiger partial charge on any atom is -0.382 e. The first-order chi connectivity index (χ1) is 14.8. The van der Waals surface area contributed by atoms with E-state index in [1.807, 2.05) is 6.07 Å². The Hall–Kier alpha value is -2.22. The van der Waals surface area contributed by atoms with Gasteiger partial charge in [0.2, 0.25) is 5.91 Å². The second-order valence-electron chi connectivity index (χ2n) is 7.87. The first-order valence-corrected chi connectivity index (χ1v) is 10.7. The molecule has 1 aromatic heterocycles. The van der Waals surface area contributed by atoms with E-state index >= 15 is 8.78 Å². The van der Waals surface area contributed by atoms with Crippen LogP contribution in [-0.2, 0) is 11.2 Å². The van der Waals surface area contributed by atoms with Gasteiger partial charge in [-0.3, -0.25) is 9.89 Å². The van der Waals surface area contributed by atoms with Gasteiger partial charge in [0.25, 0.3) is 5.92 Å². The molecular formula is C22H21Cl2F2N3O2. The van der Waals surface area contributed by atoms with Gasteiger partial charge in [-0.2, -0.15) is 5.10 Å². The molecule has 1 atom stereocenters. The number of rotatable bonds is 5. The summed E-state index contributed by atoms with van der Waals surface area (Å²) in [4.78, 5) is 14.2. The van der Waals surface area contributed by atoms with E-state index < -0.39 is 17.9 Å². The zero-order valence-electron chi connectivity index (χ0n) is 16.5. The Kier molecular flexibility index (Phi) is 6.19. The highest BCUT2D eigenvalue weighted by Gasteiger charge is 2.48. The smallest absolute Gasteiger partial charge is 0.280 e. The van der Waals surface area contributed by atoms with E-state index in [0.717, 1.165) is 5.56 Å². The molecule has 1 aliphatic heterocycles. The first-order valence-electron chi connectivity index (χ1n) is 9.96. The summed E-state index contributed by atoms with van der Waals surface area (Å²) < 4.78 is 30.5. The number of hydrogen-bond donors (Lipinski definition) is 2. The average Bonchev–Trinajstić information content (AvgIpc) is 3.21. The van der Waals surface area contributed by atoms with E-state index in [1.165, 1.54) is 12.3 Å². The Balaban J connectivity index is 1.43. The predicted molar refractivity (Wildman–Crippen MR) is 115 cm³/mol. The van der Waals surface area contributed by atoms with Crippen LogP contribution < -0.4 is 0 Å². The highest BCUT2D eigenvalue weighted by atomic mass is 35.5. The quantitative estimate of drug-likeness (QED) is 0.553. The molecule has 4 rings (SSSR count). The van der Waals surface area contributed by atoms with Crippen molar-refractivity contribution in [2.24, 2.45) is 5.92 Å². The number of carbonyl (C=O) groups excluding carboxylic acids is 1. The molecule has 1 fully saturated rings. The minimum atomic E-state index is -3.38. The number of H-pyrrole nitrogens is 1. The lowest BCUT2D eigenvalue weighted by atomic mass is 9.84. The van der Waals surface area contributed by atoms with Crippen LogP contribution in [0.1, 0.15) is 30.1 Å². The summed E-state index contributed by atoms with van der Waals surface area (Å²) in [5.74, 6) is -4.57. The van der Waals surface area contributed by atoms with Gasteiger partial charge in [-0.25, -0.2) is 8.78 Å². The second kappa shape index (κ2) is 8.73. The maximum Gasteiger partial charge on any atom is 0.280 e. The fourth-order valence-electron chi connectivity index (χ4n) is 4.14.